The van der Waals surface area contributed by atoms with Gasteiger partial charge in [0.15, 0.2) is 0 Å². The second kappa shape index (κ2) is 7.90. The summed E-state index contributed by atoms with van der Waals surface area (Å²) in [6.45, 7) is 17.1. The maximum atomic E-state index is 6.29. The van der Waals surface area contributed by atoms with Gasteiger partial charge in [0, 0.05) is 5.19 Å². The Morgan fingerprint density at radius 2 is 1.24 bits per heavy atom. The molecule has 0 fully saturated rings. The van der Waals surface area contributed by atoms with Crippen LogP contribution in [0.15, 0.2) is 91.6 Å². The highest BCUT2D eigenvalue weighted by Crippen LogP contribution is 2.22. The maximum Gasteiger partial charge on any atom is 0.534 e. The van der Waals surface area contributed by atoms with Crippen LogP contribution < -0.4 is 15.1 Å². The van der Waals surface area contributed by atoms with Crippen LogP contribution in [0.5, 0.6) is 5.75 Å². The molecule has 0 N–H and O–H groups in total. The van der Waals surface area contributed by atoms with E-state index < -0.39 is 8.56 Å². The van der Waals surface area contributed by atoms with Crippen molar-refractivity contribution in [2.24, 2.45) is 0 Å². The summed E-state index contributed by atoms with van der Waals surface area (Å²) in [5.74, 6) is 2.39. The SMILES string of the molecule is C=C(C)Oc1ccccc1[Si](OC(=C)C)(OC(=C)C)c1ccccc1. The monoisotopic (exact) mass is 352 g/mol. The first-order valence-corrected chi connectivity index (χ1v) is 9.84. The van der Waals surface area contributed by atoms with E-state index in [9.17, 15) is 0 Å². The minimum absolute atomic E-state index is 0.571. The van der Waals surface area contributed by atoms with Crippen molar-refractivity contribution in [2.75, 3.05) is 0 Å². The van der Waals surface area contributed by atoms with E-state index in [2.05, 4.69) is 19.7 Å². The van der Waals surface area contributed by atoms with Crippen molar-refractivity contribution >= 4 is 18.9 Å². The van der Waals surface area contributed by atoms with Gasteiger partial charge in [0.05, 0.1) is 22.5 Å². The molecule has 0 atom stereocenters. The summed E-state index contributed by atoms with van der Waals surface area (Å²) >= 11 is 0. The van der Waals surface area contributed by atoms with Crippen LogP contribution in [-0.2, 0) is 8.85 Å². The van der Waals surface area contributed by atoms with Crippen LogP contribution in [0.2, 0.25) is 0 Å². The van der Waals surface area contributed by atoms with Crippen molar-refractivity contribution in [3.63, 3.8) is 0 Å². The van der Waals surface area contributed by atoms with Gasteiger partial charge >= 0.3 is 8.56 Å². The van der Waals surface area contributed by atoms with Gasteiger partial charge in [-0.25, -0.2) is 0 Å². The third-order valence-electron chi connectivity index (χ3n) is 3.32. The third-order valence-corrected chi connectivity index (χ3v) is 6.80. The molecule has 2 aromatic rings. The molecule has 4 heteroatoms. The lowest BCUT2D eigenvalue weighted by Crippen LogP contribution is -2.63. The van der Waals surface area contributed by atoms with E-state index in [4.69, 9.17) is 13.6 Å². The summed E-state index contributed by atoms with van der Waals surface area (Å²) in [6.07, 6.45) is 0. The number of hydrogen-bond acceptors (Lipinski definition) is 3. The van der Waals surface area contributed by atoms with Crippen LogP contribution in [0.4, 0.5) is 0 Å². The van der Waals surface area contributed by atoms with E-state index in [1.165, 1.54) is 0 Å². The van der Waals surface area contributed by atoms with Crippen LogP contribution in [0.25, 0.3) is 0 Å². The molecule has 0 unspecified atom stereocenters. The fourth-order valence-electron chi connectivity index (χ4n) is 2.57. The smallest absolute Gasteiger partial charge is 0.510 e. The number of rotatable bonds is 8. The van der Waals surface area contributed by atoms with Crippen LogP contribution in [0.1, 0.15) is 20.8 Å². The molecule has 0 aliphatic rings. The molecule has 25 heavy (non-hydrogen) atoms. The van der Waals surface area contributed by atoms with E-state index in [1.807, 2.05) is 75.4 Å². The molecular weight excluding hydrogens is 328 g/mol. The van der Waals surface area contributed by atoms with Crippen LogP contribution >= 0.6 is 0 Å². The fourth-order valence-corrected chi connectivity index (χ4v) is 5.76. The third kappa shape index (κ3) is 4.42. The van der Waals surface area contributed by atoms with E-state index >= 15 is 0 Å². The number of allylic oxidation sites excluding steroid dienone is 3. The molecule has 0 heterocycles. The largest absolute Gasteiger partial charge is 0.534 e. The number of para-hydroxylation sites is 1. The van der Waals surface area contributed by atoms with Gasteiger partial charge in [-0.05, 0) is 26.8 Å². The Labute approximate surface area is 151 Å². The predicted octanol–water partition coefficient (Wildman–Crippen LogP) is 4.26. The van der Waals surface area contributed by atoms with Crippen LogP contribution in [-0.4, -0.2) is 8.56 Å². The number of ether oxygens (including phenoxy) is 1. The van der Waals surface area contributed by atoms with Gasteiger partial charge in [-0.15, -0.1) is 0 Å². The lowest BCUT2D eigenvalue weighted by molar-refractivity contribution is 0.290. The molecule has 0 spiro atoms. The van der Waals surface area contributed by atoms with Crippen molar-refractivity contribution in [3.8, 4) is 5.75 Å². The van der Waals surface area contributed by atoms with Gasteiger partial charge in [0.2, 0.25) is 0 Å². The average Bonchev–Trinajstić information content (AvgIpc) is 2.54. The Balaban J connectivity index is 2.76. The van der Waals surface area contributed by atoms with Gasteiger partial charge < -0.3 is 13.6 Å². The van der Waals surface area contributed by atoms with Crippen molar-refractivity contribution < 1.29 is 13.6 Å². The molecule has 0 saturated heterocycles. The molecule has 0 saturated carbocycles. The standard InChI is InChI=1S/C21H24O3Si/c1-16(2)22-20-14-10-11-15-21(20)25(23-17(3)4,24-18(5)6)19-12-8-7-9-13-19/h7-15H,1,3,5H2,2,4,6H3. The lowest BCUT2D eigenvalue weighted by Gasteiger charge is -2.33. The van der Waals surface area contributed by atoms with Crippen LogP contribution in [0.3, 0.4) is 0 Å². The molecule has 0 aromatic heterocycles. The first kappa shape index (κ1) is 18.6. The molecule has 130 valence electrons. The van der Waals surface area contributed by atoms with E-state index in [-0.39, 0.29) is 0 Å². The minimum Gasteiger partial charge on any atom is -0.510 e. The van der Waals surface area contributed by atoms with Gasteiger partial charge in [-0.1, -0.05) is 68.3 Å². The summed E-state index contributed by atoms with van der Waals surface area (Å²) in [5, 5.41) is 1.79. The lowest BCUT2D eigenvalue weighted by atomic mass is 10.3. The molecular formula is C21H24O3Si. The molecule has 2 rings (SSSR count). The highest BCUT2D eigenvalue weighted by molar-refractivity contribution is 6.93. The molecule has 3 nitrogen and oxygen atoms in total. The molecule has 2 aromatic carbocycles. The van der Waals surface area contributed by atoms with Gasteiger partial charge in [-0.2, -0.15) is 0 Å². The number of hydrogen-bond donors (Lipinski definition) is 0. The Hall–Kier alpha value is -2.72. The summed E-state index contributed by atoms with van der Waals surface area (Å²) in [5.41, 5.74) is 0. The van der Waals surface area contributed by atoms with E-state index in [1.54, 1.807) is 0 Å². The fraction of sp³-hybridized carbons (Fsp3) is 0.143. The molecule has 0 amide bonds. The van der Waals surface area contributed by atoms with Gasteiger partial charge in [0.1, 0.15) is 5.75 Å². The zero-order valence-corrected chi connectivity index (χ0v) is 16.0. The van der Waals surface area contributed by atoms with Gasteiger partial charge in [-0.3, -0.25) is 0 Å². The molecule has 0 aliphatic carbocycles. The highest BCUT2D eigenvalue weighted by Gasteiger charge is 2.49. The molecule has 0 aliphatic heterocycles. The van der Waals surface area contributed by atoms with E-state index in [0.29, 0.717) is 23.0 Å². The minimum atomic E-state index is -3.15. The van der Waals surface area contributed by atoms with Gasteiger partial charge in [0.25, 0.3) is 0 Å². The Morgan fingerprint density at radius 3 is 1.76 bits per heavy atom. The normalized spacial score (nSPS) is 10.7. The first-order chi connectivity index (χ1) is 11.8. The van der Waals surface area contributed by atoms with Crippen LogP contribution in [0, 0.1) is 0 Å². The van der Waals surface area contributed by atoms with E-state index in [0.717, 1.165) is 10.4 Å². The second-order valence-corrected chi connectivity index (χ2v) is 8.65. The number of benzene rings is 2. The van der Waals surface area contributed by atoms with Crippen molar-refractivity contribution in [1.29, 1.82) is 0 Å². The molecule has 0 radical (unpaired) electrons. The summed E-state index contributed by atoms with van der Waals surface area (Å²) in [6, 6.07) is 17.6. The van der Waals surface area contributed by atoms with Crippen molar-refractivity contribution in [2.45, 2.75) is 20.8 Å². The quantitative estimate of drug-likeness (QED) is 0.525. The summed E-state index contributed by atoms with van der Waals surface area (Å²) < 4.78 is 18.4. The maximum absolute atomic E-state index is 6.29. The Morgan fingerprint density at radius 1 is 0.720 bits per heavy atom. The Bertz CT molecular complexity index is 765. The zero-order chi connectivity index (χ0) is 18.4. The predicted molar refractivity (Wildman–Crippen MR) is 105 cm³/mol. The second-order valence-electron chi connectivity index (χ2n) is 5.89. The first-order valence-electron chi connectivity index (χ1n) is 8.02. The van der Waals surface area contributed by atoms with Crippen molar-refractivity contribution in [1.82, 2.24) is 0 Å². The zero-order valence-electron chi connectivity index (χ0n) is 15.0. The topological polar surface area (TPSA) is 27.7 Å². The summed E-state index contributed by atoms with van der Waals surface area (Å²) in [4.78, 5) is 0. The Kier molecular flexibility index (Phi) is 5.88. The van der Waals surface area contributed by atoms with Crippen molar-refractivity contribution in [3.05, 3.63) is 91.6 Å². The average molecular weight is 353 g/mol. The summed E-state index contributed by atoms with van der Waals surface area (Å²) in [7, 11) is -3.15. The molecule has 0 bridgehead atoms. The highest BCUT2D eigenvalue weighted by atomic mass is 28.4.